The lowest BCUT2D eigenvalue weighted by Crippen LogP contribution is -2.58. The van der Waals surface area contributed by atoms with Gasteiger partial charge >= 0.3 is 0 Å². The van der Waals surface area contributed by atoms with Crippen LogP contribution in [0.5, 0.6) is 0 Å². The number of rotatable bonds is 2. The third-order valence-electron chi connectivity index (χ3n) is 2.71. The minimum atomic E-state index is -0.255. The zero-order chi connectivity index (χ0) is 11.5. The third-order valence-corrected chi connectivity index (χ3v) is 3.24. The summed E-state index contributed by atoms with van der Waals surface area (Å²) < 4.78 is 1.03. The molecule has 0 aliphatic carbocycles. The van der Waals surface area contributed by atoms with Gasteiger partial charge in [-0.15, -0.1) is 0 Å². The van der Waals surface area contributed by atoms with Crippen molar-refractivity contribution in [2.75, 3.05) is 24.5 Å². The maximum absolute atomic E-state index is 11.6. The highest BCUT2D eigenvalue weighted by Gasteiger charge is 2.28. The van der Waals surface area contributed by atoms with Gasteiger partial charge in [-0.2, -0.15) is 0 Å². The van der Waals surface area contributed by atoms with E-state index in [1.165, 1.54) is 0 Å². The Hall–Kier alpha value is -1.07. The van der Waals surface area contributed by atoms with Crippen LogP contribution in [0, 0.1) is 0 Å². The number of piperazine rings is 1. The van der Waals surface area contributed by atoms with Crippen LogP contribution in [0.15, 0.2) is 28.7 Å². The number of benzene rings is 1. The van der Waals surface area contributed by atoms with Crippen LogP contribution in [0.4, 0.5) is 5.69 Å². The molecule has 16 heavy (non-hydrogen) atoms. The summed E-state index contributed by atoms with van der Waals surface area (Å²) in [5.41, 5.74) is 6.68. The Morgan fingerprint density at radius 3 is 2.75 bits per heavy atom. The van der Waals surface area contributed by atoms with E-state index in [-0.39, 0.29) is 11.9 Å². The Morgan fingerprint density at radius 2 is 2.12 bits per heavy atom. The Morgan fingerprint density at radius 1 is 1.44 bits per heavy atom. The summed E-state index contributed by atoms with van der Waals surface area (Å²) in [5, 5.41) is 2.82. The average Bonchev–Trinajstić information content (AvgIpc) is 2.30. The highest BCUT2D eigenvalue weighted by atomic mass is 79.9. The minimum absolute atomic E-state index is 0.0108. The number of halogens is 1. The predicted molar refractivity (Wildman–Crippen MR) is 67.3 cm³/mol. The Kier molecular flexibility index (Phi) is 3.46. The molecule has 1 atom stereocenters. The van der Waals surface area contributed by atoms with Crippen molar-refractivity contribution < 1.29 is 4.79 Å². The van der Waals surface area contributed by atoms with Crippen LogP contribution >= 0.6 is 15.9 Å². The van der Waals surface area contributed by atoms with Crippen molar-refractivity contribution in [1.82, 2.24) is 5.32 Å². The molecule has 0 radical (unpaired) electrons. The summed E-state index contributed by atoms with van der Waals surface area (Å²) >= 11 is 3.39. The van der Waals surface area contributed by atoms with E-state index in [1.54, 1.807) is 0 Å². The maximum Gasteiger partial charge on any atom is 0.244 e. The summed E-state index contributed by atoms with van der Waals surface area (Å²) in [7, 11) is 0. The highest BCUT2D eigenvalue weighted by Crippen LogP contribution is 2.21. The van der Waals surface area contributed by atoms with Crippen LogP contribution in [0.25, 0.3) is 0 Å². The Bertz CT molecular complexity index is 379. The minimum Gasteiger partial charge on any atom is -0.357 e. The van der Waals surface area contributed by atoms with Gasteiger partial charge in [-0.1, -0.05) is 15.9 Å². The molecule has 4 nitrogen and oxygen atoms in total. The van der Waals surface area contributed by atoms with E-state index < -0.39 is 0 Å². The van der Waals surface area contributed by atoms with Gasteiger partial charge in [-0.05, 0) is 24.3 Å². The van der Waals surface area contributed by atoms with Gasteiger partial charge in [0.1, 0.15) is 6.04 Å². The van der Waals surface area contributed by atoms with E-state index in [0.717, 1.165) is 16.7 Å². The summed E-state index contributed by atoms with van der Waals surface area (Å²) in [5.74, 6) is 0.0108. The number of carbonyl (C=O) groups is 1. The van der Waals surface area contributed by atoms with Gasteiger partial charge in [-0.3, -0.25) is 4.79 Å². The van der Waals surface area contributed by atoms with Crippen LogP contribution in [0.3, 0.4) is 0 Å². The molecule has 1 aliphatic heterocycles. The van der Waals surface area contributed by atoms with Gasteiger partial charge in [0.15, 0.2) is 0 Å². The van der Waals surface area contributed by atoms with Crippen LogP contribution in [-0.2, 0) is 4.79 Å². The molecule has 1 aliphatic rings. The predicted octanol–water partition coefficient (Wildman–Crippen LogP) is 0.713. The quantitative estimate of drug-likeness (QED) is 0.841. The summed E-state index contributed by atoms with van der Waals surface area (Å²) in [6, 6.07) is 7.66. The summed E-state index contributed by atoms with van der Waals surface area (Å²) in [6.45, 7) is 1.81. The second-order valence-electron chi connectivity index (χ2n) is 3.71. The molecule has 0 saturated carbocycles. The fourth-order valence-electron chi connectivity index (χ4n) is 1.89. The molecule has 1 aromatic rings. The molecule has 3 N–H and O–H groups in total. The molecule has 0 bridgehead atoms. The van der Waals surface area contributed by atoms with E-state index in [1.807, 2.05) is 29.2 Å². The number of nitrogens with one attached hydrogen (secondary N) is 1. The number of amides is 1. The lowest BCUT2D eigenvalue weighted by atomic mass is 10.1. The van der Waals surface area contributed by atoms with Crippen LogP contribution in [0.2, 0.25) is 0 Å². The van der Waals surface area contributed by atoms with E-state index in [9.17, 15) is 4.79 Å². The van der Waals surface area contributed by atoms with Crippen LogP contribution in [-0.4, -0.2) is 31.6 Å². The normalized spacial score (nSPS) is 20.8. The number of nitrogens with two attached hydrogens (primary N) is 1. The first-order valence-corrected chi connectivity index (χ1v) is 6.01. The van der Waals surface area contributed by atoms with Crippen molar-refractivity contribution in [2.45, 2.75) is 6.04 Å². The fourth-order valence-corrected chi connectivity index (χ4v) is 2.15. The molecule has 1 aromatic carbocycles. The smallest absolute Gasteiger partial charge is 0.244 e. The molecule has 0 aromatic heterocycles. The van der Waals surface area contributed by atoms with Crippen molar-refractivity contribution in [3.05, 3.63) is 28.7 Å². The Labute approximate surface area is 103 Å². The van der Waals surface area contributed by atoms with Crippen molar-refractivity contribution in [3.8, 4) is 0 Å². The topological polar surface area (TPSA) is 58.4 Å². The van der Waals surface area contributed by atoms with Crippen molar-refractivity contribution in [1.29, 1.82) is 0 Å². The van der Waals surface area contributed by atoms with E-state index in [0.29, 0.717) is 13.1 Å². The Balaban J connectivity index is 2.24. The first-order valence-electron chi connectivity index (χ1n) is 5.22. The van der Waals surface area contributed by atoms with E-state index >= 15 is 0 Å². The van der Waals surface area contributed by atoms with Gasteiger partial charge in [0, 0.05) is 29.8 Å². The van der Waals surface area contributed by atoms with Gasteiger partial charge in [0.25, 0.3) is 0 Å². The molecule has 0 spiro atoms. The SMILES string of the molecule is NCC1C(=O)NCCN1c1ccc(Br)cc1. The number of carbonyl (C=O) groups excluding carboxylic acids is 1. The average molecular weight is 284 g/mol. The van der Waals surface area contributed by atoms with E-state index in [2.05, 4.69) is 21.2 Å². The zero-order valence-corrected chi connectivity index (χ0v) is 10.4. The monoisotopic (exact) mass is 283 g/mol. The molecule has 1 fully saturated rings. The molecule has 86 valence electrons. The summed E-state index contributed by atoms with van der Waals surface area (Å²) in [4.78, 5) is 13.7. The first kappa shape index (κ1) is 11.4. The molecule has 2 rings (SSSR count). The van der Waals surface area contributed by atoms with Gasteiger partial charge in [-0.25, -0.2) is 0 Å². The molecule has 1 amide bonds. The number of hydrogen-bond donors (Lipinski definition) is 2. The van der Waals surface area contributed by atoms with Gasteiger partial charge < -0.3 is 16.0 Å². The molecular formula is C11H14BrN3O. The van der Waals surface area contributed by atoms with Crippen molar-refractivity contribution in [3.63, 3.8) is 0 Å². The first-order chi connectivity index (χ1) is 7.72. The summed E-state index contributed by atoms with van der Waals surface area (Å²) in [6.07, 6.45) is 0. The van der Waals surface area contributed by atoms with Crippen LogP contribution in [0.1, 0.15) is 0 Å². The van der Waals surface area contributed by atoms with Crippen molar-refractivity contribution in [2.24, 2.45) is 5.73 Å². The second kappa shape index (κ2) is 4.84. The lowest BCUT2D eigenvalue weighted by molar-refractivity contribution is -0.123. The molecule has 5 heteroatoms. The molecule has 1 saturated heterocycles. The van der Waals surface area contributed by atoms with E-state index in [4.69, 9.17) is 5.73 Å². The highest BCUT2D eigenvalue weighted by molar-refractivity contribution is 9.10. The van der Waals surface area contributed by atoms with Gasteiger partial charge in [0.05, 0.1) is 0 Å². The standard InChI is InChI=1S/C11H14BrN3O/c12-8-1-3-9(4-2-8)15-6-5-14-11(16)10(15)7-13/h1-4,10H,5-7,13H2,(H,14,16). The number of anilines is 1. The number of nitrogens with zero attached hydrogens (tertiary/aromatic N) is 1. The maximum atomic E-state index is 11.6. The van der Waals surface area contributed by atoms with Crippen LogP contribution < -0.4 is 16.0 Å². The lowest BCUT2D eigenvalue weighted by Gasteiger charge is -2.36. The third kappa shape index (κ3) is 2.20. The van der Waals surface area contributed by atoms with Crippen molar-refractivity contribution >= 4 is 27.5 Å². The molecule has 1 unspecified atom stereocenters. The van der Waals surface area contributed by atoms with Gasteiger partial charge in [0.2, 0.25) is 5.91 Å². The molecular weight excluding hydrogens is 270 g/mol. The number of hydrogen-bond acceptors (Lipinski definition) is 3. The molecule has 1 heterocycles. The largest absolute Gasteiger partial charge is 0.357 e. The zero-order valence-electron chi connectivity index (χ0n) is 8.82. The second-order valence-corrected chi connectivity index (χ2v) is 4.63. The fraction of sp³-hybridized carbons (Fsp3) is 0.364.